The second kappa shape index (κ2) is 9.88. The summed E-state index contributed by atoms with van der Waals surface area (Å²) < 4.78 is 0. The van der Waals surface area contributed by atoms with Crippen LogP contribution >= 0.6 is 0 Å². The summed E-state index contributed by atoms with van der Waals surface area (Å²) >= 11 is 0. The lowest BCUT2D eigenvalue weighted by atomic mass is 10.0. The second-order valence-corrected chi connectivity index (χ2v) is 9.23. The molecule has 5 rings (SSSR count). The van der Waals surface area contributed by atoms with Gasteiger partial charge in [-0.05, 0) is 56.7 Å². The highest BCUT2D eigenvalue weighted by molar-refractivity contribution is 5.99. The summed E-state index contributed by atoms with van der Waals surface area (Å²) in [6.45, 7) is 8.97. The standard InChI is InChI=1S/C27H35N5/c1-30-17-19-32(20-18-30)23-11-9-22(10-12-23)25-21-29-26-8-4-3-7-24(26)27(25)28-13-16-31-14-5-2-6-15-31/h3-4,7-12,21H,2,5-6,13-20H2,1H3,(H,28,29). The van der Waals surface area contributed by atoms with E-state index in [2.05, 4.69) is 75.6 Å². The van der Waals surface area contributed by atoms with E-state index in [9.17, 15) is 0 Å². The van der Waals surface area contributed by atoms with Crippen LogP contribution in [0.25, 0.3) is 22.0 Å². The summed E-state index contributed by atoms with van der Waals surface area (Å²) in [6.07, 6.45) is 6.09. The van der Waals surface area contributed by atoms with Crippen LogP contribution in [0.2, 0.25) is 0 Å². The van der Waals surface area contributed by atoms with E-state index in [1.54, 1.807) is 0 Å². The van der Waals surface area contributed by atoms with Crippen LogP contribution in [0.3, 0.4) is 0 Å². The normalized spacial score (nSPS) is 18.2. The predicted octanol–water partition coefficient (Wildman–Crippen LogP) is 4.55. The lowest BCUT2D eigenvalue weighted by Crippen LogP contribution is -2.44. The Morgan fingerprint density at radius 1 is 0.844 bits per heavy atom. The number of para-hydroxylation sites is 1. The maximum atomic E-state index is 4.77. The number of aromatic nitrogens is 1. The number of likely N-dealkylation sites (tertiary alicyclic amines) is 1. The molecule has 2 aromatic carbocycles. The van der Waals surface area contributed by atoms with Gasteiger partial charge in [0, 0.05) is 62.1 Å². The summed E-state index contributed by atoms with van der Waals surface area (Å²) in [6, 6.07) is 17.5. The zero-order chi connectivity index (χ0) is 21.8. The molecule has 2 aliphatic rings. The fourth-order valence-corrected chi connectivity index (χ4v) is 4.99. The topological polar surface area (TPSA) is 34.6 Å². The largest absolute Gasteiger partial charge is 0.383 e. The molecule has 1 N–H and O–H groups in total. The van der Waals surface area contributed by atoms with Crippen LogP contribution in [0.5, 0.6) is 0 Å². The van der Waals surface area contributed by atoms with Gasteiger partial charge < -0.3 is 20.0 Å². The van der Waals surface area contributed by atoms with Gasteiger partial charge in [-0.15, -0.1) is 0 Å². The van der Waals surface area contributed by atoms with Crippen molar-refractivity contribution in [3.8, 4) is 11.1 Å². The van der Waals surface area contributed by atoms with Gasteiger partial charge in [-0.1, -0.05) is 36.8 Å². The molecule has 0 spiro atoms. The maximum absolute atomic E-state index is 4.77. The molecule has 2 aliphatic heterocycles. The van der Waals surface area contributed by atoms with Gasteiger partial charge in [0.15, 0.2) is 0 Å². The molecule has 5 heteroatoms. The number of nitrogens with zero attached hydrogens (tertiary/aromatic N) is 4. The average molecular weight is 430 g/mol. The van der Waals surface area contributed by atoms with Gasteiger partial charge in [-0.3, -0.25) is 4.98 Å². The van der Waals surface area contributed by atoms with Crippen molar-refractivity contribution >= 4 is 22.3 Å². The number of hydrogen-bond acceptors (Lipinski definition) is 5. The number of likely N-dealkylation sites (N-methyl/N-ethyl adjacent to an activating group) is 1. The monoisotopic (exact) mass is 429 g/mol. The molecule has 168 valence electrons. The zero-order valence-corrected chi connectivity index (χ0v) is 19.3. The van der Waals surface area contributed by atoms with Gasteiger partial charge in [0.1, 0.15) is 0 Å². The fourth-order valence-electron chi connectivity index (χ4n) is 4.99. The zero-order valence-electron chi connectivity index (χ0n) is 19.3. The minimum absolute atomic E-state index is 0.959. The van der Waals surface area contributed by atoms with E-state index < -0.39 is 0 Å². The lowest BCUT2D eigenvalue weighted by Gasteiger charge is -2.34. The van der Waals surface area contributed by atoms with Gasteiger partial charge in [-0.25, -0.2) is 0 Å². The second-order valence-electron chi connectivity index (χ2n) is 9.23. The molecule has 1 aromatic heterocycles. The highest BCUT2D eigenvalue weighted by atomic mass is 15.2. The van der Waals surface area contributed by atoms with E-state index in [-0.39, 0.29) is 0 Å². The van der Waals surface area contributed by atoms with Gasteiger partial charge >= 0.3 is 0 Å². The van der Waals surface area contributed by atoms with E-state index in [4.69, 9.17) is 4.98 Å². The Kier molecular flexibility index (Phi) is 6.56. The number of fused-ring (bicyclic) bond motifs is 1. The van der Waals surface area contributed by atoms with Crippen LogP contribution in [-0.2, 0) is 0 Å². The predicted molar refractivity (Wildman–Crippen MR) is 136 cm³/mol. The number of piperidine rings is 1. The third-order valence-electron chi connectivity index (χ3n) is 7.00. The minimum atomic E-state index is 0.959. The summed E-state index contributed by atoms with van der Waals surface area (Å²) in [5.41, 5.74) is 5.98. The summed E-state index contributed by atoms with van der Waals surface area (Å²) in [5.74, 6) is 0. The molecule has 0 amide bonds. The molecule has 0 atom stereocenters. The first-order chi connectivity index (χ1) is 15.8. The fraction of sp³-hybridized carbons (Fsp3) is 0.444. The summed E-state index contributed by atoms with van der Waals surface area (Å²) in [5, 5.41) is 4.99. The van der Waals surface area contributed by atoms with Crippen molar-refractivity contribution in [1.82, 2.24) is 14.8 Å². The number of pyridine rings is 1. The van der Waals surface area contributed by atoms with Crippen LogP contribution in [0.4, 0.5) is 11.4 Å². The quantitative estimate of drug-likeness (QED) is 0.622. The molecule has 3 aromatic rings. The van der Waals surface area contributed by atoms with Gasteiger partial charge in [-0.2, -0.15) is 0 Å². The number of piperazine rings is 1. The van der Waals surface area contributed by atoms with Crippen LogP contribution in [0, 0.1) is 0 Å². The highest BCUT2D eigenvalue weighted by Gasteiger charge is 2.16. The molecule has 32 heavy (non-hydrogen) atoms. The van der Waals surface area contributed by atoms with Crippen molar-refractivity contribution in [3.63, 3.8) is 0 Å². The molecular formula is C27H35N5. The molecule has 0 unspecified atom stereocenters. The molecular weight excluding hydrogens is 394 g/mol. The molecule has 0 radical (unpaired) electrons. The van der Waals surface area contributed by atoms with Gasteiger partial charge in [0.05, 0.1) is 11.2 Å². The van der Waals surface area contributed by atoms with Crippen LogP contribution in [-0.4, -0.2) is 74.2 Å². The van der Waals surface area contributed by atoms with Crippen molar-refractivity contribution in [2.24, 2.45) is 0 Å². The van der Waals surface area contributed by atoms with Gasteiger partial charge in [0.25, 0.3) is 0 Å². The first-order valence-corrected chi connectivity index (χ1v) is 12.2. The van der Waals surface area contributed by atoms with E-state index in [0.29, 0.717) is 0 Å². The van der Waals surface area contributed by atoms with E-state index >= 15 is 0 Å². The Morgan fingerprint density at radius 3 is 2.38 bits per heavy atom. The molecule has 0 aliphatic carbocycles. The smallest absolute Gasteiger partial charge is 0.0723 e. The van der Waals surface area contributed by atoms with Crippen molar-refractivity contribution < 1.29 is 0 Å². The SMILES string of the molecule is CN1CCN(c2ccc(-c3cnc4ccccc4c3NCCN3CCCCC3)cc2)CC1. The number of benzene rings is 2. The lowest BCUT2D eigenvalue weighted by molar-refractivity contribution is 0.237. The number of nitrogens with one attached hydrogen (secondary N) is 1. The van der Waals surface area contributed by atoms with Crippen molar-refractivity contribution in [2.75, 3.05) is 69.6 Å². The Hall–Kier alpha value is -2.63. The van der Waals surface area contributed by atoms with E-state index in [1.165, 1.54) is 60.2 Å². The first-order valence-electron chi connectivity index (χ1n) is 12.2. The Balaban J connectivity index is 1.38. The Morgan fingerprint density at radius 2 is 1.59 bits per heavy atom. The number of anilines is 2. The molecule has 5 nitrogen and oxygen atoms in total. The summed E-state index contributed by atoms with van der Waals surface area (Å²) in [7, 11) is 2.20. The maximum Gasteiger partial charge on any atom is 0.0723 e. The number of hydrogen-bond donors (Lipinski definition) is 1. The van der Waals surface area contributed by atoms with Crippen molar-refractivity contribution in [3.05, 3.63) is 54.7 Å². The molecule has 3 heterocycles. The van der Waals surface area contributed by atoms with E-state index in [1.807, 2.05) is 6.20 Å². The Labute approximate surface area is 192 Å². The van der Waals surface area contributed by atoms with Crippen LogP contribution < -0.4 is 10.2 Å². The van der Waals surface area contributed by atoms with Crippen molar-refractivity contribution in [2.45, 2.75) is 19.3 Å². The highest BCUT2D eigenvalue weighted by Crippen LogP contribution is 2.34. The molecule has 0 bridgehead atoms. The van der Waals surface area contributed by atoms with E-state index in [0.717, 1.165) is 44.8 Å². The van der Waals surface area contributed by atoms with Crippen LogP contribution in [0.1, 0.15) is 19.3 Å². The molecule has 0 saturated carbocycles. The number of rotatable bonds is 6. The van der Waals surface area contributed by atoms with Gasteiger partial charge in [0.2, 0.25) is 0 Å². The van der Waals surface area contributed by atoms with Crippen LogP contribution in [0.15, 0.2) is 54.7 Å². The third-order valence-corrected chi connectivity index (χ3v) is 7.00. The first kappa shape index (κ1) is 21.2. The average Bonchev–Trinajstić information content (AvgIpc) is 2.85. The minimum Gasteiger partial charge on any atom is -0.383 e. The summed E-state index contributed by atoms with van der Waals surface area (Å²) in [4.78, 5) is 12.2. The molecule has 2 fully saturated rings. The third kappa shape index (κ3) is 4.74. The Bertz CT molecular complexity index is 1020. The molecule has 2 saturated heterocycles. The van der Waals surface area contributed by atoms with Crippen molar-refractivity contribution in [1.29, 1.82) is 0 Å².